The summed E-state index contributed by atoms with van der Waals surface area (Å²) in [6.07, 6.45) is -3.42. The average Bonchev–Trinajstić information content (AvgIpc) is 2.77. The maximum atomic E-state index is 12.9. The molecule has 0 aliphatic heterocycles. The molecule has 0 saturated heterocycles. The SMILES string of the molecule is Cn1nc(-c2ccc(O)c(C(F)(F)F)c2)c2c(N)ncnc21. The molecule has 2 heterocycles. The minimum Gasteiger partial charge on any atom is -0.507 e. The van der Waals surface area contributed by atoms with Crippen LogP contribution in [0.15, 0.2) is 24.5 Å². The third-order valence-corrected chi connectivity index (χ3v) is 3.23. The van der Waals surface area contributed by atoms with Crippen LogP contribution < -0.4 is 5.73 Å². The first-order valence-corrected chi connectivity index (χ1v) is 6.13. The van der Waals surface area contributed by atoms with Crippen LogP contribution in [0.2, 0.25) is 0 Å². The van der Waals surface area contributed by atoms with E-state index in [-0.39, 0.29) is 17.1 Å². The Labute approximate surface area is 122 Å². The molecular formula is C13H10F3N5O. The number of aromatic hydroxyl groups is 1. The maximum Gasteiger partial charge on any atom is 0.419 e. The van der Waals surface area contributed by atoms with Gasteiger partial charge < -0.3 is 10.8 Å². The molecule has 1 aromatic carbocycles. The summed E-state index contributed by atoms with van der Waals surface area (Å²) in [5.74, 6) is -0.726. The largest absolute Gasteiger partial charge is 0.507 e. The van der Waals surface area contributed by atoms with Gasteiger partial charge in [0.2, 0.25) is 0 Å². The van der Waals surface area contributed by atoms with Crippen molar-refractivity contribution in [3.8, 4) is 17.0 Å². The van der Waals surface area contributed by atoms with Gasteiger partial charge in [-0.2, -0.15) is 18.3 Å². The Balaban J connectivity index is 2.29. The number of hydrogen-bond acceptors (Lipinski definition) is 5. The van der Waals surface area contributed by atoms with Crippen LogP contribution in [0.1, 0.15) is 5.56 Å². The molecule has 0 radical (unpaired) electrons. The topological polar surface area (TPSA) is 89.8 Å². The van der Waals surface area contributed by atoms with E-state index in [1.54, 1.807) is 7.05 Å². The number of fused-ring (bicyclic) bond motifs is 1. The van der Waals surface area contributed by atoms with E-state index >= 15 is 0 Å². The summed E-state index contributed by atoms with van der Waals surface area (Å²) in [6.45, 7) is 0. The van der Waals surface area contributed by atoms with Gasteiger partial charge in [-0.25, -0.2) is 14.6 Å². The third kappa shape index (κ3) is 2.10. The summed E-state index contributed by atoms with van der Waals surface area (Å²) >= 11 is 0. The number of nitrogen functional groups attached to an aromatic ring is 1. The van der Waals surface area contributed by atoms with Crippen molar-refractivity contribution in [3.05, 3.63) is 30.1 Å². The van der Waals surface area contributed by atoms with E-state index in [2.05, 4.69) is 15.1 Å². The van der Waals surface area contributed by atoms with Gasteiger partial charge in [0.25, 0.3) is 0 Å². The van der Waals surface area contributed by atoms with Gasteiger partial charge in [-0.1, -0.05) is 0 Å². The summed E-state index contributed by atoms with van der Waals surface area (Å²) in [7, 11) is 1.60. The predicted octanol–water partition coefficient (Wildman–Crippen LogP) is 2.34. The lowest BCUT2D eigenvalue weighted by atomic mass is 10.0. The molecular weight excluding hydrogens is 299 g/mol. The molecule has 2 aromatic heterocycles. The van der Waals surface area contributed by atoms with Crippen LogP contribution in [0.25, 0.3) is 22.3 Å². The zero-order valence-electron chi connectivity index (χ0n) is 11.3. The van der Waals surface area contributed by atoms with Crippen LogP contribution in [0.4, 0.5) is 19.0 Å². The van der Waals surface area contributed by atoms with Gasteiger partial charge in [0.15, 0.2) is 5.65 Å². The first-order valence-electron chi connectivity index (χ1n) is 6.13. The Bertz CT molecular complexity index is 872. The van der Waals surface area contributed by atoms with Crippen molar-refractivity contribution in [2.24, 2.45) is 7.05 Å². The fourth-order valence-corrected chi connectivity index (χ4v) is 2.22. The number of phenolic OH excluding ortho intramolecular Hbond substituents is 1. The number of nitrogens with two attached hydrogens (primary N) is 1. The fourth-order valence-electron chi connectivity index (χ4n) is 2.22. The van der Waals surface area contributed by atoms with Crippen molar-refractivity contribution in [2.75, 3.05) is 5.73 Å². The van der Waals surface area contributed by atoms with Gasteiger partial charge >= 0.3 is 6.18 Å². The minimum atomic E-state index is -4.67. The highest BCUT2D eigenvalue weighted by molar-refractivity contribution is 5.98. The van der Waals surface area contributed by atoms with Crippen molar-refractivity contribution in [3.63, 3.8) is 0 Å². The number of aromatic nitrogens is 4. The summed E-state index contributed by atoms with van der Waals surface area (Å²) in [6, 6.07) is 3.13. The average molecular weight is 309 g/mol. The Morgan fingerprint density at radius 3 is 2.64 bits per heavy atom. The number of aryl methyl sites for hydroxylation is 1. The number of nitrogens with zero attached hydrogens (tertiary/aromatic N) is 4. The van der Waals surface area contributed by atoms with Crippen LogP contribution in [0, 0.1) is 0 Å². The molecule has 0 spiro atoms. The number of alkyl halides is 3. The molecule has 0 bridgehead atoms. The molecule has 0 amide bonds. The smallest absolute Gasteiger partial charge is 0.419 e. The number of anilines is 1. The van der Waals surface area contributed by atoms with Crippen LogP contribution in [0.3, 0.4) is 0 Å². The van der Waals surface area contributed by atoms with Crippen molar-refractivity contribution in [1.29, 1.82) is 0 Å². The summed E-state index contributed by atoms with van der Waals surface area (Å²) in [5.41, 5.74) is 5.44. The molecule has 0 aliphatic carbocycles. The standard InChI is InChI=1S/C13H10F3N5O/c1-21-12-9(11(17)18-5-19-12)10(20-21)6-2-3-8(22)7(4-6)13(14,15)16/h2-5,22H,1H3,(H2,17,18,19). The molecule has 22 heavy (non-hydrogen) atoms. The van der Waals surface area contributed by atoms with E-state index in [0.717, 1.165) is 12.1 Å². The lowest BCUT2D eigenvalue weighted by Crippen LogP contribution is -2.05. The summed E-state index contributed by atoms with van der Waals surface area (Å²) < 4.78 is 40.1. The molecule has 3 N–H and O–H groups in total. The fraction of sp³-hybridized carbons (Fsp3) is 0.154. The number of benzene rings is 1. The van der Waals surface area contributed by atoms with E-state index in [1.807, 2.05) is 0 Å². The van der Waals surface area contributed by atoms with E-state index < -0.39 is 17.5 Å². The Kier molecular flexibility index (Phi) is 2.94. The lowest BCUT2D eigenvalue weighted by Gasteiger charge is -2.10. The highest BCUT2D eigenvalue weighted by Gasteiger charge is 2.34. The molecule has 3 aromatic rings. The first-order chi connectivity index (χ1) is 10.3. The Morgan fingerprint density at radius 1 is 1.23 bits per heavy atom. The quantitative estimate of drug-likeness (QED) is 0.720. The molecule has 0 atom stereocenters. The normalized spacial score (nSPS) is 12.0. The lowest BCUT2D eigenvalue weighted by molar-refractivity contribution is -0.138. The number of hydrogen-bond donors (Lipinski definition) is 2. The van der Waals surface area contributed by atoms with Crippen LogP contribution in [0.5, 0.6) is 5.75 Å². The molecule has 6 nitrogen and oxygen atoms in total. The second kappa shape index (κ2) is 4.58. The zero-order chi connectivity index (χ0) is 16.1. The number of rotatable bonds is 1. The summed E-state index contributed by atoms with van der Waals surface area (Å²) in [5, 5.41) is 13.9. The van der Waals surface area contributed by atoms with Crippen molar-refractivity contribution >= 4 is 16.9 Å². The Morgan fingerprint density at radius 2 is 1.95 bits per heavy atom. The molecule has 3 rings (SSSR count). The maximum absolute atomic E-state index is 12.9. The van der Waals surface area contributed by atoms with E-state index in [9.17, 15) is 18.3 Å². The first kappa shape index (κ1) is 14.1. The van der Waals surface area contributed by atoms with Gasteiger partial charge in [0.05, 0.1) is 10.9 Å². The number of phenols is 1. The summed E-state index contributed by atoms with van der Waals surface area (Å²) in [4.78, 5) is 7.85. The van der Waals surface area contributed by atoms with Crippen molar-refractivity contribution in [2.45, 2.75) is 6.18 Å². The highest BCUT2D eigenvalue weighted by atomic mass is 19.4. The molecule has 0 saturated carbocycles. The zero-order valence-corrected chi connectivity index (χ0v) is 11.3. The molecule has 9 heteroatoms. The second-order valence-corrected chi connectivity index (χ2v) is 4.66. The molecule has 0 aliphatic rings. The molecule has 114 valence electrons. The van der Waals surface area contributed by atoms with Crippen molar-refractivity contribution in [1.82, 2.24) is 19.7 Å². The Hall–Kier alpha value is -2.84. The van der Waals surface area contributed by atoms with Crippen LogP contribution in [-0.2, 0) is 13.2 Å². The third-order valence-electron chi connectivity index (χ3n) is 3.23. The van der Waals surface area contributed by atoms with Gasteiger partial charge in [0, 0.05) is 12.6 Å². The molecule has 0 fully saturated rings. The number of halogens is 3. The molecule has 0 unspecified atom stereocenters. The monoisotopic (exact) mass is 309 g/mol. The van der Waals surface area contributed by atoms with Crippen molar-refractivity contribution < 1.29 is 18.3 Å². The van der Waals surface area contributed by atoms with Crippen LogP contribution in [-0.4, -0.2) is 24.9 Å². The minimum absolute atomic E-state index is 0.120. The van der Waals surface area contributed by atoms with Gasteiger partial charge in [-0.3, -0.25) is 0 Å². The van der Waals surface area contributed by atoms with E-state index in [0.29, 0.717) is 11.0 Å². The van der Waals surface area contributed by atoms with Gasteiger partial charge in [-0.05, 0) is 18.2 Å². The van der Waals surface area contributed by atoms with Gasteiger partial charge in [0.1, 0.15) is 23.6 Å². The van der Waals surface area contributed by atoms with Gasteiger partial charge in [-0.15, -0.1) is 0 Å². The predicted molar refractivity (Wildman–Crippen MR) is 72.8 cm³/mol. The van der Waals surface area contributed by atoms with E-state index in [4.69, 9.17) is 5.73 Å². The van der Waals surface area contributed by atoms with E-state index in [1.165, 1.54) is 17.1 Å². The van der Waals surface area contributed by atoms with Crippen LogP contribution >= 0.6 is 0 Å². The second-order valence-electron chi connectivity index (χ2n) is 4.66. The highest BCUT2D eigenvalue weighted by Crippen LogP contribution is 2.39.